The van der Waals surface area contributed by atoms with Gasteiger partial charge < -0.3 is 5.73 Å². The van der Waals surface area contributed by atoms with Gasteiger partial charge in [-0.25, -0.2) is 0 Å². The van der Waals surface area contributed by atoms with Crippen molar-refractivity contribution < 1.29 is 8.42 Å². The van der Waals surface area contributed by atoms with Crippen LogP contribution in [0.2, 0.25) is 5.02 Å². The van der Waals surface area contributed by atoms with Crippen LogP contribution in [0.5, 0.6) is 0 Å². The molecule has 0 bridgehead atoms. The van der Waals surface area contributed by atoms with E-state index < -0.39 is 10.0 Å². The SMILES string of the molecule is CC(=NNS(=O)(=O)c1ccc(Cl)cc1)c1ccc(N)cc1. The summed E-state index contributed by atoms with van der Waals surface area (Å²) < 4.78 is 24.1. The number of hydrogen-bond donors (Lipinski definition) is 2. The number of hydrogen-bond acceptors (Lipinski definition) is 4. The first kappa shape index (κ1) is 15.3. The standard InChI is InChI=1S/C14H14ClN3O2S/c1-10(11-2-6-13(16)7-3-11)17-18-21(19,20)14-8-4-12(15)5-9-14/h2-9,18H,16H2,1H3. The van der Waals surface area contributed by atoms with E-state index in [2.05, 4.69) is 9.93 Å². The molecule has 0 radical (unpaired) electrons. The molecule has 0 amide bonds. The molecule has 5 nitrogen and oxygen atoms in total. The molecule has 0 heterocycles. The third kappa shape index (κ3) is 3.96. The largest absolute Gasteiger partial charge is 0.399 e. The molecule has 110 valence electrons. The Balaban J connectivity index is 2.18. The summed E-state index contributed by atoms with van der Waals surface area (Å²) in [5.41, 5.74) is 7.54. The number of nitrogens with zero attached hydrogens (tertiary/aromatic N) is 1. The predicted molar refractivity (Wildman–Crippen MR) is 84.8 cm³/mol. The fourth-order valence-electron chi connectivity index (χ4n) is 1.58. The number of sulfonamides is 1. The van der Waals surface area contributed by atoms with Crippen LogP contribution in [-0.4, -0.2) is 14.1 Å². The van der Waals surface area contributed by atoms with Crippen LogP contribution in [0, 0.1) is 0 Å². The smallest absolute Gasteiger partial charge is 0.276 e. The van der Waals surface area contributed by atoms with Crippen molar-refractivity contribution in [3.63, 3.8) is 0 Å². The summed E-state index contributed by atoms with van der Waals surface area (Å²) in [4.78, 5) is 2.29. The highest BCUT2D eigenvalue weighted by atomic mass is 35.5. The highest BCUT2D eigenvalue weighted by Crippen LogP contribution is 2.14. The van der Waals surface area contributed by atoms with E-state index in [1.165, 1.54) is 24.3 Å². The van der Waals surface area contributed by atoms with Crippen LogP contribution >= 0.6 is 11.6 Å². The predicted octanol–water partition coefficient (Wildman–Crippen LogP) is 2.62. The van der Waals surface area contributed by atoms with Gasteiger partial charge in [-0.2, -0.15) is 18.4 Å². The fourth-order valence-corrected chi connectivity index (χ4v) is 2.57. The minimum absolute atomic E-state index is 0.0979. The van der Waals surface area contributed by atoms with E-state index in [0.29, 0.717) is 16.4 Å². The van der Waals surface area contributed by atoms with Gasteiger partial charge in [-0.05, 0) is 48.9 Å². The van der Waals surface area contributed by atoms with Gasteiger partial charge in [0.25, 0.3) is 10.0 Å². The summed E-state index contributed by atoms with van der Waals surface area (Å²) >= 11 is 5.73. The summed E-state index contributed by atoms with van der Waals surface area (Å²) in [5, 5.41) is 4.37. The van der Waals surface area contributed by atoms with Gasteiger partial charge in [-0.3, -0.25) is 0 Å². The first-order valence-electron chi connectivity index (χ1n) is 6.06. The molecule has 0 aromatic heterocycles. The maximum absolute atomic E-state index is 12.1. The van der Waals surface area contributed by atoms with Crippen LogP contribution in [0.15, 0.2) is 58.5 Å². The van der Waals surface area contributed by atoms with Crippen LogP contribution in [-0.2, 0) is 10.0 Å². The number of nitrogens with one attached hydrogen (secondary N) is 1. The van der Waals surface area contributed by atoms with E-state index in [1.807, 2.05) is 0 Å². The topological polar surface area (TPSA) is 84.5 Å². The van der Waals surface area contributed by atoms with Crippen LogP contribution < -0.4 is 10.6 Å². The minimum Gasteiger partial charge on any atom is -0.399 e. The van der Waals surface area contributed by atoms with Gasteiger partial charge in [0.1, 0.15) is 0 Å². The molecule has 2 aromatic rings. The Hall–Kier alpha value is -2.05. The van der Waals surface area contributed by atoms with E-state index in [0.717, 1.165) is 5.56 Å². The molecule has 21 heavy (non-hydrogen) atoms. The molecule has 0 fully saturated rings. The first-order valence-corrected chi connectivity index (χ1v) is 7.92. The van der Waals surface area contributed by atoms with E-state index >= 15 is 0 Å². The van der Waals surface area contributed by atoms with Gasteiger partial charge in [-0.15, -0.1) is 0 Å². The van der Waals surface area contributed by atoms with E-state index in [1.54, 1.807) is 31.2 Å². The monoisotopic (exact) mass is 323 g/mol. The molecule has 0 aliphatic rings. The van der Waals surface area contributed by atoms with E-state index in [4.69, 9.17) is 17.3 Å². The Morgan fingerprint density at radius 3 is 2.24 bits per heavy atom. The molecular weight excluding hydrogens is 310 g/mol. The van der Waals surface area contributed by atoms with Crippen LogP contribution in [0.3, 0.4) is 0 Å². The molecule has 0 unspecified atom stereocenters. The summed E-state index contributed by atoms with van der Waals surface area (Å²) in [5.74, 6) is 0. The van der Waals surface area contributed by atoms with Gasteiger partial charge in [0, 0.05) is 10.7 Å². The maximum Gasteiger partial charge on any atom is 0.276 e. The normalized spacial score (nSPS) is 12.2. The van der Waals surface area contributed by atoms with Crippen molar-refractivity contribution in [3.05, 3.63) is 59.1 Å². The molecule has 0 saturated carbocycles. The lowest BCUT2D eigenvalue weighted by Crippen LogP contribution is -2.19. The number of rotatable bonds is 4. The van der Waals surface area contributed by atoms with Crippen LogP contribution in [0.1, 0.15) is 12.5 Å². The Labute approximate surface area is 128 Å². The Kier molecular flexibility index (Phi) is 4.50. The second kappa shape index (κ2) is 6.15. The van der Waals surface area contributed by atoms with Gasteiger partial charge >= 0.3 is 0 Å². The van der Waals surface area contributed by atoms with Crippen molar-refractivity contribution in [1.82, 2.24) is 4.83 Å². The molecule has 3 N–H and O–H groups in total. The minimum atomic E-state index is -3.71. The molecule has 0 aliphatic heterocycles. The van der Waals surface area contributed by atoms with E-state index in [-0.39, 0.29) is 4.90 Å². The molecule has 2 aromatic carbocycles. The lowest BCUT2D eigenvalue weighted by atomic mass is 10.1. The van der Waals surface area contributed by atoms with Crippen molar-refractivity contribution in [2.45, 2.75) is 11.8 Å². The maximum atomic E-state index is 12.1. The number of halogens is 1. The van der Waals surface area contributed by atoms with Gasteiger partial charge in [0.2, 0.25) is 0 Å². The summed E-state index contributed by atoms with van der Waals surface area (Å²) in [7, 11) is -3.71. The molecular formula is C14H14ClN3O2S. The zero-order chi connectivity index (χ0) is 15.5. The zero-order valence-electron chi connectivity index (χ0n) is 11.2. The quantitative estimate of drug-likeness (QED) is 0.515. The van der Waals surface area contributed by atoms with Gasteiger partial charge in [-0.1, -0.05) is 23.7 Å². The van der Waals surface area contributed by atoms with E-state index in [9.17, 15) is 8.42 Å². The molecule has 0 aliphatic carbocycles. The molecule has 0 spiro atoms. The second-order valence-electron chi connectivity index (χ2n) is 4.37. The lowest BCUT2D eigenvalue weighted by molar-refractivity contribution is 0.584. The Bertz CT molecular complexity index is 754. The first-order chi connectivity index (χ1) is 9.88. The molecule has 7 heteroatoms. The molecule has 0 saturated heterocycles. The highest BCUT2D eigenvalue weighted by molar-refractivity contribution is 7.89. The third-order valence-corrected chi connectivity index (χ3v) is 4.26. The van der Waals surface area contributed by atoms with Gasteiger partial charge in [0.05, 0.1) is 10.6 Å². The summed E-state index contributed by atoms with van der Waals surface area (Å²) in [6, 6.07) is 12.8. The highest BCUT2D eigenvalue weighted by Gasteiger charge is 2.12. The Morgan fingerprint density at radius 2 is 1.67 bits per heavy atom. The third-order valence-electron chi connectivity index (χ3n) is 2.79. The molecule has 0 atom stereocenters. The number of hydrazone groups is 1. The average Bonchev–Trinajstić information content (AvgIpc) is 2.46. The van der Waals surface area contributed by atoms with Crippen molar-refractivity contribution in [2.75, 3.05) is 5.73 Å². The van der Waals surface area contributed by atoms with Crippen LogP contribution in [0.4, 0.5) is 5.69 Å². The summed E-state index contributed by atoms with van der Waals surface area (Å²) in [6.45, 7) is 1.70. The number of benzene rings is 2. The number of anilines is 1. The van der Waals surface area contributed by atoms with Crippen molar-refractivity contribution in [3.8, 4) is 0 Å². The number of nitrogen functional groups attached to an aromatic ring is 1. The van der Waals surface area contributed by atoms with Crippen molar-refractivity contribution in [2.24, 2.45) is 5.10 Å². The average molecular weight is 324 g/mol. The second-order valence-corrected chi connectivity index (χ2v) is 6.47. The fraction of sp³-hybridized carbons (Fsp3) is 0.0714. The summed E-state index contributed by atoms with van der Waals surface area (Å²) in [6.07, 6.45) is 0. The molecule has 2 rings (SSSR count). The van der Waals surface area contributed by atoms with Gasteiger partial charge in [0.15, 0.2) is 0 Å². The Morgan fingerprint density at radius 1 is 1.10 bits per heavy atom. The zero-order valence-corrected chi connectivity index (χ0v) is 12.8. The van der Waals surface area contributed by atoms with Crippen molar-refractivity contribution in [1.29, 1.82) is 0 Å². The number of nitrogens with two attached hydrogens (primary N) is 1. The lowest BCUT2D eigenvalue weighted by Gasteiger charge is -2.05. The van der Waals surface area contributed by atoms with Crippen molar-refractivity contribution >= 4 is 33.0 Å². The van der Waals surface area contributed by atoms with Crippen LogP contribution in [0.25, 0.3) is 0 Å².